The number of nitrogens with zero attached hydrogens (tertiary/aromatic N) is 2. The van der Waals surface area contributed by atoms with Crippen molar-refractivity contribution in [3.63, 3.8) is 0 Å². The number of hydrogen-bond donors (Lipinski definition) is 2. The van der Waals surface area contributed by atoms with Gasteiger partial charge in [0.25, 0.3) is 10.0 Å². The summed E-state index contributed by atoms with van der Waals surface area (Å²) in [5.74, 6) is -0.822. The standard InChI is InChI=1S/C10H9N3O5S/c14-10(15)7-1-2-9(11-5-7)19(16,17)13-6-8-3-4-12-18-8/h1-5,13H,6H2,(H,14,15). The quantitative estimate of drug-likeness (QED) is 0.806. The molecule has 0 radical (unpaired) electrons. The number of carboxylic acids is 1. The van der Waals surface area contributed by atoms with Gasteiger partial charge in [-0.3, -0.25) is 0 Å². The van der Waals surface area contributed by atoms with Crippen LogP contribution in [0, 0.1) is 0 Å². The fourth-order valence-corrected chi connectivity index (χ4v) is 2.16. The molecule has 0 amide bonds. The van der Waals surface area contributed by atoms with Gasteiger partial charge >= 0.3 is 5.97 Å². The Labute approximate surface area is 108 Å². The van der Waals surface area contributed by atoms with Gasteiger partial charge < -0.3 is 9.63 Å². The van der Waals surface area contributed by atoms with Gasteiger partial charge in [0, 0.05) is 12.3 Å². The summed E-state index contributed by atoms with van der Waals surface area (Å²) in [5.41, 5.74) is -0.0887. The molecule has 0 saturated heterocycles. The van der Waals surface area contributed by atoms with Gasteiger partial charge in [-0.2, -0.15) is 0 Å². The van der Waals surface area contributed by atoms with Gasteiger partial charge in [0.1, 0.15) is 0 Å². The van der Waals surface area contributed by atoms with Crippen molar-refractivity contribution in [2.75, 3.05) is 0 Å². The highest BCUT2D eigenvalue weighted by molar-refractivity contribution is 7.89. The number of pyridine rings is 1. The lowest BCUT2D eigenvalue weighted by atomic mass is 10.3. The molecule has 2 heterocycles. The Kier molecular flexibility index (Phi) is 3.58. The van der Waals surface area contributed by atoms with Crippen molar-refractivity contribution in [1.29, 1.82) is 0 Å². The first-order valence-electron chi connectivity index (χ1n) is 5.07. The van der Waals surface area contributed by atoms with E-state index in [2.05, 4.69) is 14.9 Å². The molecule has 2 aromatic heterocycles. The van der Waals surface area contributed by atoms with Gasteiger partial charge in [-0.1, -0.05) is 5.16 Å². The van der Waals surface area contributed by atoms with Crippen LogP contribution in [0.2, 0.25) is 0 Å². The van der Waals surface area contributed by atoms with Gasteiger partial charge in [-0.15, -0.1) is 0 Å². The van der Waals surface area contributed by atoms with Gasteiger partial charge in [-0.25, -0.2) is 22.9 Å². The summed E-state index contributed by atoms with van der Waals surface area (Å²) in [6.45, 7) is -0.0648. The maximum absolute atomic E-state index is 11.8. The Hall–Kier alpha value is -2.26. The van der Waals surface area contributed by atoms with E-state index in [-0.39, 0.29) is 17.1 Å². The van der Waals surface area contributed by atoms with E-state index in [9.17, 15) is 13.2 Å². The van der Waals surface area contributed by atoms with E-state index in [0.29, 0.717) is 5.76 Å². The predicted octanol–water partition coefficient (Wildman–Crippen LogP) is 0.246. The summed E-state index contributed by atoms with van der Waals surface area (Å²) in [6, 6.07) is 3.80. The Morgan fingerprint density at radius 1 is 1.37 bits per heavy atom. The van der Waals surface area contributed by atoms with Crippen LogP contribution in [-0.2, 0) is 16.6 Å². The second kappa shape index (κ2) is 5.16. The van der Waals surface area contributed by atoms with Crippen molar-refractivity contribution in [2.24, 2.45) is 0 Å². The number of hydrogen-bond acceptors (Lipinski definition) is 6. The highest BCUT2D eigenvalue weighted by Gasteiger charge is 2.16. The molecule has 0 atom stereocenters. The molecule has 0 aliphatic heterocycles. The van der Waals surface area contributed by atoms with E-state index in [1.165, 1.54) is 18.3 Å². The Morgan fingerprint density at radius 3 is 2.68 bits per heavy atom. The van der Waals surface area contributed by atoms with Crippen molar-refractivity contribution < 1.29 is 22.8 Å². The first-order valence-corrected chi connectivity index (χ1v) is 6.56. The molecule has 100 valence electrons. The molecule has 2 rings (SSSR count). The molecule has 0 bridgehead atoms. The molecule has 2 N–H and O–H groups in total. The van der Waals surface area contributed by atoms with E-state index in [1.54, 1.807) is 0 Å². The number of aromatic nitrogens is 2. The molecule has 9 heteroatoms. The minimum Gasteiger partial charge on any atom is -0.478 e. The number of nitrogens with one attached hydrogen (secondary N) is 1. The third kappa shape index (κ3) is 3.14. The highest BCUT2D eigenvalue weighted by atomic mass is 32.2. The van der Waals surface area contributed by atoms with Crippen LogP contribution in [0.1, 0.15) is 16.1 Å². The molecular weight excluding hydrogens is 274 g/mol. The van der Waals surface area contributed by atoms with E-state index >= 15 is 0 Å². The van der Waals surface area contributed by atoms with Gasteiger partial charge in [0.2, 0.25) is 0 Å². The number of aromatic carboxylic acids is 1. The molecule has 0 aromatic carbocycles. The fraction of sp³-hybridized carbons (Fsp3) is 0.100. The summed E-state index contributed by atoms with van der Waals surface area (Å²) in [6.07, 6.45) is 2.37. The molecule has 0 spiro atoms. The lowest BCUT2D eigenvalue weighted by Crippen LogP contribution is -2.24. The van der Waals surface area contributed by atoms with Crippen LogP contribution in [0.25, 0.3) is 0 Å². The third-order valence-corrected chi connectivity index (χ3v) is 3.50. The molecular formula is C10H9N3O5S. The largest absolute Gasteiger partial charge is 0.478 e. The lowest BCUT2D eigenvalue weighted by Gasteiger charge is -2.04. The monoisotopic (exact) mass is 283 g/mol. The molecule has 0 aliphatic rings. The van der Waals surface area contributed by atoms with Crippen LogP contribution in [0.3, 0.4) is 0 Å². The molecule has 0 unspecified atom stereocenters. The van der Waals surface area contributed by atoms with Crippen molar-refractivity contribution in [3.8, 4) is 0 Å². The molecule has 0 saturated carbocycles. The van der Waals surface area contributed by atoms with E-state index < -0.39 is 16.0 Å². The predicted molar refractivity (Wildman–Crippen MR) is 61.7 cm³/mol. The topological polar surface area (TPSA) is 122 Å². The first kappa shape index (κ1) is 13.2. The lowest BCUT2D eigenvalue weighted by molar-refractivity contribution is 0.0696. The normalized spacial score (nSPS) is 11.4. The molecule has 0 aliphatic carbocycles. The summed E-state index contributed by atoms with van der Waals surface area (Å²) < 4.78 is 30.6. The zero-order valence-corrected chi connectivity index (χ0v) is 10.3. The van der Waals surface area contributed by atoms with Crippen molar-refractivity contribution in [3.05, 3.63) is 41.9 Å². The molecule has 0 fully saturated rings. The van der Waals surface area contributed by atoms with Crippen molar-refractivity contribution in [1.82, 2.24) is 14.9 Å². The Morgan fingerprint density at radius 2 is 2.16 bits per heavy atom. The Balaban J connectivity index is 2.13. The highest BCUT2D eigenvalue weighted by Crippen LogP contribution is 2.07. The number of carboxylic acid groups (broad SMARTS) is 1. The van der Waals surface area contributed by atoms with Crippen LogP contribution in [0.15, 0.2) is 40.1 Å². The number of rotatable bonds is 5. The zero-order valence-electron chi connectivity index (χ0n) is 9.48. The molecule has 8 nitrogen and oxygen atoms in total. The summed E-state index contributed by atoms with van der Waals surface area (Å²) in [5, 5.41) is 11.9. The summed E-state index contributed by atoms with van der Waals surface area (Å²) in [7, 11) is -3.82. The smallest absolute Gasteiger partial charge is 0.337 e. The first-order chi connectivity index (χ1) is 8.99. The third-order valence-electron chi connectivity index (χ3n) is 2.19. The van der Waals surface area contributed by atoms with Crippen LogP contribution in [0.5, 0.6) is 0 Å². The van der Waals surface area contributed by atoms with Crippen LogP contribution in [-0.4, -0.2) is 29.6 Å². The summed E-state index contributed by atoms with van der Waals surface area (Å²) in [4.78, 5) is 14.2. The van der Waals surface area contributed by atoms with Crippen molar-refractivity contribution in [2.45, 2.75) is 11.6 Å². The molecule has 2 aromatic rings. The average Bonchev–Trinajstić information content (AvgIpc) is 2.90. The van der Waals surface area contributed by atoms with E-state index in [1.807, 2.05) is 0 Å². The number of sulfonamides is 1. The summed E-state index contributed by atoms with van der Waals surface area (Å²) >= 11 is 0. The van der Waals surface area contributed by atoms with Crippen LogP contribution in [0.4, 0.5) is 0 Å². The fourth-order valence-electron chi connectivity index (χ4n) is 1.24. The van der Waals surface area contributed by atoms with Gasteiger partial charge in [0.15, 0.2) is 10.8 Å². The SMILES string of the molecule is O=C(O)c1ccc(S(=O)(=O)NCc2ccno2)nc1. The number of carbonyl (C=O) groups is 1. The maximum Gasteiger partial charge on any atom is 0.337 e. The minimum atomic E-state index is -3.82. The van der Waals surface area contributed by atoms with E-state index in [4.69, 9.17) is 9.63 Å². The van der Waals surface area contributed by atoms with E-state index in [0.717, 1.165) is 12.3 Å². The van der Waals surface area contributed by atoms with Gasteiger partial charge in [0.05, 0.1) is 18.3 Å². The molecule has 19 heavy (non-hydrogen) atoms. The second-order valence-electron chi connectivity index (χ2n) is 3.49. The second-order valence-corrected chi connectivity index (χ2v) is 5.21. The Bertz CT molecular complexity index is 664. The minimum absolute atomic E-state index is 0.0648. The zero-order chi connectivity index (χ0) is 13.9. The average molecular weight is 283 g/mol. The maximum atomic E-state index is 11.8. The van der Waals surface area contributed by atoms with Gasteiger partial charge in [-0.05, 0) is 12.1 Å². The van der Waals surface area contributed by atoms with Crippen LogP contribution >= 0.6 is 0 Å². The van der Waals surface area contributed by atoms with Crippen molar-refractivity contribution >= 4 is 16.0 Å². The van der Waals surface area contributed by atoms with Crippen LogP contribution < -0.4 is 4.72 Å².